The fourth-order valence-corrected chi connectivity index (χ4v) is 11.5. The van der Waals surface area contributed by atoms with E-state index in [0.717, 1.165) is 61.1 Å². The molecule has 0 amide bonds. The maximum absolute atomic E-state index is 7.04. The fourth-order valence-electron chi connectivity index (χ4n) is 11.5. The van der Waals surface area contributed by atoms with E-state index >= 15 is 0 Å². The van der Waals surface area contributed by atoms with E-state index in [1.54, 1.807) is 0 Å². The second kappa shape index (κ2) is 13.8. The molecule has 0 fully saturated rings. The maximum Gasteiger partial charge on any atom is 0.143 e. The molecular formula is C63H39NO. The van der Waals surface area contributed by atoms with Gasteiger partial charge in [0.25, 0.3) is 0 Å². The quantitative estimate of drug-likeness (QED) is 0.172. The molecule has 12 aromatic rings. The lowest BCUT2D eigenvalue weighted by molar-refractivity contribution is 0.674. The van der Waals surface area contributed by atoms with E-state index in [2.05, 4.69) is 241 Å². The molecule has 0 saturated carbocycles. The van der Waals surface area contributed by atoms with Gasteiger partial charge in [-0.3, -0.25) is 0 Å². The lowest BCUT2D eigenvalue weighted by atomic mass is 9.70. The highest BCUT2D eigenvalue weighted by Crippen LogP contribution is 2.65. The molecule has 14 rings (SSSR count). The van der Waals surface area contributed by atoms with E-state index in [-0.39, 0.29) is 0 Å². The zero-order chi connectivity index (χ0) is 42.6. The van der Waals surface area contributed by atoms with Crippen LogP contribution in [-0.4, -0.2) is 0 Å². The number of fused-ring (bicyclic) bond motifs is 16. The minimum Gasteiger partial charge on any atom is -0.455 e. The van der Waals surface area contributed by atoms with Gasteiger partial charge in [0.1, 0.15) is 11.2 Å². The summed E-state index contributed by atoms with van der Waals surface area (Å²) in [6, 6.07) is 87.1. The summed E-state index contributed by atoms with van der Waals surface area (Å²) in [6.07, 6.45) is 0. The van der Waals surface area contributed by atoms with Crippen LogP contribution in [0, 0.1) is 0 Å². The molecule has 302 valence electrons. The average molecular weight is 826 g/mol. The number of hydrogen-bond acceptors (Lipinski definition) is 2. The number of anilines is 3. The van der Waals surface area contributed by atoms with Crippen molar-refractivity contribution in [1.82, 2.24) is 0 Å². The molecule has 0 bridgehead atoms. The fraction of sp³-hybridized carbons (Fsp3) is 0.0159. The normalized spacial score (nSPS) is 13.0. The van der Waals surface area contributed by atoms with Crippen molar-refractivity contribution in [2.75, 3.05) is 4.90 Å². The standard InChI is InChI=1S/C63H39NO/c1-2-18-42-38-44(35-34-40(42)16-1)43-19-13-20-45(39-43)64(58-32-12-8-24-49(58)50-26-14-27-51-52-37-36-41-17-3-4-21-46(41)61(52)65-62(50)51)59-33-15-31-57-60(59)53-25-7-11-30-56(53)63(57)54-28-9-5-22-47(54)48-23-6-10-29-55(48)63/h1-39H. The van der Waals surface area contributed by atoms with Crippen LogP contribution < -0.4 is 4.90 Å². The van der Waals surface area contributed by atoms with E-state index in [9.17, 15) is 0 Å². The van der Waals surface area contributed by atoms with Gasteiger partial charge in [0, 0.05) is 38.5 Å². The molecule has 65 heavy (non-hydrogen) atoms. The van der Waals surface area contributed by atoms with Gasteiger partial charge in [-0.2, -0.15) is 0 Å². The number of para-hydroxylation sites is 2. The van der Waals surface area contributed by atoms with Crippen LogP contribution in [0.25, 0.3) is 88.0 Å². The SMILES string of the molecule is c1cc(-c2ccc3ccccc3c2)cc(N(c2ccccc2-c2cccc3c2oc2c4ccccc4ccc32)c2cccc3c2-c2ccccc2C32c3ccccc3-c3ccccc32)c1. The minimum absolute atomic E-state index is 0.476. The molecular weight excluding hydrogens is 787 g/mol. The zero-order valence-electron chi connectivity index (χ0n) is 35.4. The molecule has 2 nitrogen and oxygen atoms in total. The topological polar surface area (TPSA) is 16.4 Å². The summed E-state index contributed by atoms with van der Waals surface area (Å²) in [7, 11) is 0. The van der Waals surface area contributed by atoms with Crippen molar-refractivity contribution in [2.45, 2.75) is 5.41 Å². The smallest absolute Gasteiger partial charge is 0.143 e. The molecule has 2 heteroatoms. The summed E-state index contributed by atoms with van der Waals surface area (Å²) in [5.41, 5.74) is 19.5. The van der Waals surface area contributed by atoms with Crippen molar-refractivity contribution >= 4 is 60.5 Å². The first-order valence-electron chi connectivity index (χ1n) is 22.5. The van der Waals surface area contributed by atoms with E-state index < -0.39 is 5.41 Å². The Kier molecular flexibility index (Phi) is 7.64. The Morgan fingerprint density at radius 1 is 0.308 bits per heavy atom. The molecule has 2 aliphatic carbocycles. The Bertz CT molecular complexity index is 3880. The van der Waals surface area contributed by atoms with Crippen molar-refractivity contribution in [2.24, 2.45) is 0 Å². The maximum atomic E-state index is 7.04. The average Bonchev–Trinajstić information content (AvgIpc) is 4.02. The molecule has 0 unspecified atom stereocenters. The van der Waals surface area contributed by atoms with Crippen LogP contribution in [0.1, 0.15) is 22.3 Å². The monoisotopic (exact) mass is 825 g/mol. The van der Waals surface area contributed by atoms with Crippen LogP contribution in [0.15, 0.2) is 241 Å². The van der Waals surface area contributed by atoms with Gasteiger partial charge in [-0.1, -0.05) is 200 Å². The number of rotatable bonds is 5. The molecule has 0 N–H and O–H groups in total. The van der Waals surface area contributed by atoms with Crippen LogP contribution in [0.2, 0.25) is 0 Å². The number of hydrogen-bond donors (Lipinski definition) is 0. The first-order chi connectivity index (χ1) is 32.3. The molecule has 1 aromatic heterocycles. The largest absolute Gasteiger partial charge is 0.455 e. The van der Waals surface area contributed by atoms with E-state index in [1.807, 2.05) is 0 Å². The molecule has 0 atom stereocenters. The van der Waals surface area contributed by atoms with Crippen LogP contribution in [-0.2, 0) is 5.41 Å². The lowest BCUT2D eigenvalue weighted by Gasteiger charge is -2.32. The summed E-state index contributed by atoms with van der Waals surface area (Å²) < 4.78 is 7.04. The molecule has 2 aliphatic rings. The Hall–Kier alpha value is -8.46. The number of furan rings is 1. The van der Waals surface area contributed by atoms with Gasteiger partial charge in [-0.05, 0) is 103 Å². The van der Waals surface area contributed by atoms with E-state index in [0.29, 0.717) is 0 Å². The van der Waals surface area contributed by atoms with Crippen LogP contribution >= 0.6 is 0 Å². The highest BCUT2D eigenvalue weighted by Gasteiger charge is 2.52. The molecule has 0 radical (unpaired) electrons. The second-order valence-corrected chi connectivity index (χ2v) is 17.5. The van der Waals surface area contributed by atoms with Crippen molar-refractivity contribution < 1.29 is 4.42 Å². The first kappa shape index (κ1) is 36.1. The third-order valence-corrected chi connectivity index (χ3v) is 14.3. The molecule has 0 saturated heterocycles. The second-order valence-electron chi connectivity index (χ2n) is 17.5. The molecule has 0 aliphatic heterocycles. The predicted octanol–water partition coefficient (Wildman–Crippen LogP) is 17.0. The summed E-state index contributed by atoms with van der Waals surface area (Å²) in [5.74, 6) is 0. The highest BCUT2D eigenvalue weighted by atomic mass is 16.3. The third-order valence-electron chi connectivity index (χ3n) is 14.3. The lowest BCUT2D eigenvalue weighted by Crippen LogP contribution is -2.26. The van der Waals surface area contributed by atoms with Crippen molar-refractivity contribution in [1.29, 1.82) is 0 Å². The Balaban J connectivity index is 1.06. The van der Waals surface area contributed by atoms with Gasteiger partial charge in [-0.15, -0.1) is 0 Å². The molecule has 11 aromatic carbocycles. The number of nitrogens with zero attached hydrogens (tertiary/aromatic N) is 1. The zero-order valence-corrected chi connectivity index (χ0v) is 35.4. The Morgan fingerprint density at radius 2 is 0.846 bits per heavy atom. The van der Waals surface area contributed by atoms with Gasteiger partial charge in [0.15, 0.2) is 0 Å². The van der Waals surface area contributed by atoms with Gasteiger partial charge in [0.2, 0.25) is 0 Å². The van der Waals surface area contributed by atoms with Crippen LogP contribution in [0.5, 0.6) is 0 Å². The Morgan fingerprint density at radius 3 is 1.66 bits per heavy atom. The summed E-state index contributed by atoms with van der Waals surface area (Å²) >= 11 is 0. The highest BCUT2D eigenvalue weighted by molar-refractivity contribution is 6.18. The third kappa shape index (κ3) is 5.05. The van der Waals surface area contributed by atoms with Crippen LogP contribution in [0.3, 0.4) is 0 Å². The summed E-state index contributed by atoms with van der Waals surface area (Å²) in [5, 5.41) is 6.98. The van der Waals surface area contributed by atoms with E-state index in [4.69, 9.17) is 4.42 Å². The number of benzene rings is 11. The van der Waals surface area contributed by atoms with Crippen molar-refractivity contribution in [3.8, 4) is 44.5 Å². The van der Waals surface area contributed by atoms with Crippen molar-refractivity contribution in [3.63, 3.8) is 0 Å². The summed E-state index contributed by atoms with van der Waals surface area (Å²) in [4.78, 5) is 2.51. The van der Waals surface area contributed by atoms with Gasteiger partial charge < -0.3 is 9.32 Å². The molecule has 1 heterocycles. The minimum atomic E-state index is -0.476. The first-order valence-corrected chi connectivity index (χ1v) is 22.5. The van der Waals surface area contributed by atoms with Gasteiger partial charge in [-0.25, -0.2) is 0 Å². The van der Waals surface area contributed by atoms with Gasteiger partial charge >= 0.3 is 0 Å². The van der Waals surface area contributed by atoms with Crippen molar-refractivity contribution in [3.05, 3.63) is 259 Å². The molecule has 1 spiro atoms. The van der Waals surface area contributed by atoms with Crippen LogP contribution in [0.4, 0.5) is 17.1 Å². The summed E-state index contributed by atoms with van der Waals surface area (Å²) in [6.45, 7) is 0. The Labute approximate surface area is 376 Å². The predicted molar refractivity (Wildman–Crippen MR) is 271 cm³/mol. The van der Waals surface area contributed by atoms with E-state index in [1.165, 1.54) is 66.2 Å². The van der Waals surface area contributed by atoms with Gasteiger partial charge in [0.05, 0.1) is 16.8 Å².